The summed E-state index contributed by atoms with van der Waals surface area (Å²) in [7, 11) is -2.92. The van der Waals surface area contributed by atoms with E-state index in [1.54, 1.807) is 18.2 Å². The lowest BCUT2D eigenvalue weighted by atomic mass is 10.0. The van der Waals surface area contributed by atoms with E-state index in [9.17, 15) is 21.6 Å². The molecule has 1 aliphatic heterocycles. The number of fused-ring (bicyclic) bond motifs is 1. The molecule has 240 valence electrons. The first kappa shape index (κ1) is 32.5. The Kier molecular flexibility index (Phi) is 9.83. The fourth-order valence-corrected chi connectivity index (χ4v) is 7.11. The van der Waals surface area contributed by atoms with E-state index in [-0.39, 0.29) is 17.1 Å². The third-order valence-electron chi connectivity index (χ3n) is 7.88. The Morgan fingerprint density at radius 1 is 0.978 bits per heavy atom. The topological polar surface area (TPSA) is 78.0 Å². The third kappa shape index (κ3) is 7.67. The first-order chi connectivity index (χ1) is 21.5. The van der Waals surface area contributed by atoms with Crippen LogP contribution in [0.15, 0.2) is 71.8 Å². The van der Waals surface area contributed by atoms with E-state index >= 15 is 4.39 Å². The molecular formula is C33H34F4N2O5S. The number of methoxy groups -OCH3 is 1. The van der Waals surface area contributed by atoms with Crippen LogP contribution in [0.5, 0.6) is 23.0 Å². The minimum absolute atomic E-state index is 0.0328. The number of hydrogen-bond donors (Lipinski definition) is 0. The predicted octanol–water partition coefficient (Wildman–Crippen LogP) is 7.81. The molecule has 1 atom stereocenters. The molecule has 1 unspecified atom stereocenters. The molecule has 45 heavy (non-hydrogen) atoms. The number of piperidine rings is 1. The highest BCUT2D eigenvalue weighted by Gasteiger charge is 2.36. The van der Waals surface area contributed by atoms with Gasteiger partial charge in [-0.1, -0.05) is 24.6 Å². The summed E-state index contributed by atoms with van der Waals surface area (Å²) in [4.78, 5) is 6.01. The molecule has 0 spiro atoms. The van der Waals surface area contributed by atoms with E-state index < -0.39 is 38.0 Å². The molecule has 0 bridgehead atoms. The molecule has 0 N–H and O–H groups in total. The molecule has 7 nitrogen and oxygen atoms in total. The predicted molar refractivity (Wildman–Crippen MR) is 162 cm³/mol. The number of alkyl halides is 3. The third-order valence-corrected chi connectivity index (χ3v) is 9.61. The van der Waals surface area contributed by atoms with Crippen LogP contribution in [0.4, 0.5) is 17.6 Å². The first-order valence-corrected chi connectivity index (χ1v) is 16.3. The lowest BCUT2D eigenvalue weighted by Gasteiger charge is -2.33. The fraction of sp³-hybridized carbons (Fsp3) is 0.364. The zero-order valence-corrected chi connectivity index (χ0v) is 25.8. The molecule has 0 amide bonds. The quantitative estimate of drug-likeness (QED) is 0.122. The van der Waals surface area contributed by atoms with Crippen molar-refractivity contribution in [3.63, 3.8) is 0 Å². The number of halogens is 4. The van der Waals surface area contributed by atoms with E-state index in [0.717, 1.165) is 37.7 Å². The second-order valence-corrected chi connectivity index (χ2v) is 13.0. The molecule has 0 aliphatic carbocycles. The average Bonchev–Trinajstić information content (AvgIpc) is 3.00. The monoisotopic (exact) mass is 646 g/mol. The average molecular weight is 647 g/mol. The maximum atomic E-state index is 15.2. The van der Waals surface area contributed by atoms with Crippen LogP contribution in [0.25, 0.3) is 10.9 Å². The first-order valence-electron chi connectivity index (χ1n) is 14.6. The Bertz CT molecular complexity index is 1760. The minimum Gasteiger partial charge on any atom is -0.493 e. The van der Waals surface area contributed by atoms with Gasteiger partial charge in [0, 0.05) is 30.2 Å². The van der Waals surface area contributed by atoms with Crippen molar-refractivity contribution in [1.82, 2.24) is 9.88 Å². The van der Waals surface area contributed by atoms with Crippen LogP contribution >= 0.6 is 0 Å². The standard InChI is InChI=1S/C33H34F4N2O5S/c1-22-8-5-6-15-39(22)16-7-17-43-31-20-27-24(19-30(31)42-2)28(13-14-38-27)44-29-12-11-23(18-26(29)34)21-45(40,41)32-10-4-3-9-25(32)33(35,36)37/h3-4,9-14,18-20,22H,5-8,15-17,21H2,1-2H3. The van der Waals surface area contributed by atoms with Crippen LogP contribution in [0, 0.1) is 5.82 Å². The van der Waals surface area contributed by atoms with Crippen molar-refractivity contribution in [3.05, 3.63) is 83.8 Å². The van der Waals surface area contributed by atoms with Gasteiger partial charge in [-0.25, -0.2) is 12.8 Å². The Balaban J connectivity index is 1.30. The van der Waals surface area contributed by atoms with E-state index in [0.29, 0.717) is 41.1 Å². The summed E-state index contributed by atoms with van der Waals surface area (Å²) in [5.41, 5.74) is -0.778. The van der Waals surface area contributed by atoms with Gasteiger partial charge in [0.2, 0.25) is 0 Å². The van der Waals surface area contributed by atoms with Crippen molar-refractivity contribution < 1.29 is 40.2 Å². The van der Waals surface area contributed by atoms with Crippen LogP contribution in [0.1, 0.15) is 43.7 Å². The van der Waals surface area contributed by atoms with Crippen molar-refractivity contribution in [1.29, 1.82) is 0 Å². The van der Waals surface area contributed by atoms with Crippen LogP contribution in [-0.2, 0) is 21.8 Å². The van der Waals surface area contributed by atoms with Gasteiger partial charge in [-0.15, -0.1) is 0 Å². The van der Waals surface area contributed by atoms with Crippen molar-refractivity contribution in [2.24, 2.45) is 0 Å². The van der Waals surface area contributed by atoms with Gasteiger partial charge in [0.15, 0.2) is 32.9 Å². The molecule has 4 aromatic rings. The van der Waals surface area contributed by atoms with E-state index in [4.69, 9.17) is 14.2 Å². The smallest absolute Gasteiger partial charge is 0.417 e. The molecule has 5 rings (SSSR count). The van der Waals surface area contributed by atoms with Crippen LogP contribution in [0.3, 0.4) is 0 Å². The Labute approximate surface area is 259 Å². The number of nitrogens with zero attached hydrogens (tertiary/aromatic N) is 2. The highest BCUT2D eigenvalue weighted by atomic mass is 32.2. The Morgan fingerprint density at radius 3 is 2.51 bits per heavy atom. The number of sulfone groups is 1. The number of pyridine rings is 1. The SMILES string of the molecule is COc1cc2c(Oc3ccc(CS(=O)(=O)c4ccccc4C(F)(F)F)cc3F)ccnc2cc1OCCCN1CCCCC1C. The lowest BCUT2D eigenvalue weighted by Crippen LogP contribution is -2.38. The highest BCUT2D eigenvalue weighted by molar-refractivity contribution is 7.90. The van der Waals surface area contributed by atoms with Crippen molar-refractivity contribution >= 4 is 20.7 Å². The maximum absolute atomic E-state index is 15.2. The lowest BCUT2D eigenvalue weighted by molar-refractivity contribution is -0.139. The van der Waals surface area contributed by atoms with Gasteiger partial charge in [0.1, 0.15) is 5.75 Å². The molecule has 0 radical (unpaired) electrons. The van der Waals surface area contributed by atoms with Crippen LogP contribution in [-0.4, -0.2) is 51.1 Å². The van der Waals surface area contributed by atoms with Gasteiger partial charge in [0.05, 0.1) is 35.4 Å². The molecule has 2 heterocycles. The van der Waals surface area contributed by atoms with E-state index in [1.165, 1.54) is 50.8 Å². The van der Waals surface area contributed by atoms with Crippen LogP contribution < -0.4 is 14.2 Å². The molecule has 1 aromatic heterocycles. The second-order valence-electron chi connectivity index (χ2n) is 11.0. The molecule has 1 saturated heterocycles. The summed E-state index contributed by atoms with van der Waals surface area (Å²) in [5, 5.41) is 0.527. The van der Waals surface area contributed by atoms with E-state index in [2.05, 4.69) is 16.8 Å². The summed E-state index contributed by atoms with van der Waals surface area (Å²) in [6.07, 6.45) is 1.20. The molecule has 1 fully saturated rings. The molecule has 0 saturated carbocycles. The summed E-state index contributed by atoms with van der Waals surface area (Å²) < 4.78 is 98.6. The van der Waals surface area contributed by atoms with Gasteiger partial charge in [-0.2, -0.15) is 13.2 Å². The van der Waals surface area contributed by atoms with Gasteiger partial charge in [0.25, 0.3) is 0 Å². The number of hydrogen-bond acceptors (Lipinski definition) is 7. The molecule has 12 heteroatoms. The van der Waals surface area contributed by atoms with Gasteiger partial charge < -0.3 is 19.1 Å². The number of aromatic nitrogens is 1. The second kappa shape index (κ2) is 13.6. The highest BCUT2D eigenvalue weighted by Crippen LogP contribution is 2.39. The molecule has 3 aromatic carbocycles. The molecular weight excluding hydrogens is 612 g/mol. The van der Waals surface area contributed by atoms with Gasteiger partial charge in [-0.05, 0) is 74.7 Å². The zero-order valence-electron chi connectivity index (χ0n) is 24.9. The minimum atomic E-state index is -4.86. The summed E-state index contributed by atoms with van der Waals surface area (Å²) in [6.45, 7) is 4.80. The number of benzene rings is 3. The summed E-state index contributed by atoms with van der Waals surface area (Å²) >= 11 is 0. The zero-order chi connectivity index (χ0) is 32.2. The number of rotatable bonds is 11. The van der Waals surface area contributed by atoms with Crippen LogP contribution in [0.2, 0.25) is 0 Å². The maximum Gasteiger partial charge on any atom is 0.417 e. The van der Waals surface area contributed by atoms with Gasteiger partial charge >= 0.3 is 6.18 Å². The van der Waals surface area contributed by atoms with Gasteiger partial charge in [-0.3, -0.25) is 4.98 Å². The van der Waals surface area contributed by atoms with Crippen molar-refractivity contribution in [3.8, 4) is 23.0 Å². The van der Waals surface area contributed by atoms with Crippen molar-refractivity contribution in [2.75, 3.05) is 26.8 Å². The number of likely N-dealkylation sites (tertiary alicyclic amines) is 1. The molecule has 1 aliphatic rings. The number of ether oxygens (including phenoxy) is 3. The normalized spacial score (nSPS) is 16.1. The summed E-state index contributed by atoms with van der Waals surface area (Å²) in [6, 6.07) is 12.9. The van der Waals surface area contributed by atoms with Crippen molar-refractivity contribution in [2.45, 2.75) is 55.5 Å². The fourth-order valence-electron chi connectivity index (χ4n) is 5.53. The Hall–Kier alpha value is -3.90. The largest absolute Gasteiger partial charge is 0.493 e. The Morgan fingerprint density at radius 2 is 1.78 bits per heavy atom. The summed E-state index contributed by atoms with van der Waals surface area (Å²) in [5.74, 6) is -0.677. The van der Waals surface area contributed by atoms with E-state index in [1.807, 2.05) is 0 Å².